The predicted molar refractivity (Wildman–Crippen MR) is 66.6 cm³/mol. The second-order valence-corrected chi connectivity index (χ2v) is 5.43. The second-order valence-electron chi connectivity index (χ2n) is 4.43. The van der Waals surface area contributed by atoms with Gasteiger partial charge < -0.3 is 10.2 Å². The van der Waals surface area contributed by atoms with E-state index in [1.165, 1.54) is 10.4 Å². The van der Waals surface area contributed by atoms with Crippen molar-refractivity contribution >= 4 is 23.2 Å². The van der Waals surface area contributed by atoms with E-state index in [9.17, 15) is 9.59 Å². The summed E-state index contributed by atoms with van der Waals surface area (Å²) >= 11 is 1.66. The Kier molecular flexibility index (Phi) is 3.47. The molecule has 1 atom stereocenters. The van der Waals surface area contributed by atoms with Gasteiger partial charge in [-0.05, 0) is 23.9 Å². The first kappa shape index (κ1) is 12.1. The second kappa shape index (κ2) is 4.87. The minimum atomic E-state index is -0.187. The number of thiophene rings is 1. The summed E-state index contributed by atoms with van der Waals surface area (Å²) in [6.45, 7) is 3.16. The molecular formula is C12H16N2O2S. The Hall–Kier alpha value is -1.36. The van der Waals surface area contributed by atoms with Gasteiger partial charge in [0.05, 0.1) is 12.5 Å². The highest BCUT2D eigenvalue weighted by atomic mass is 32.1. The summed E-state index contributed by atoms with van der Waals surface area (Å²) in [5.41, 5.74) is 1.22. The molecule has 1 aromatic rings. The van der Waals surface area contributed by atoms with Crippen LogP contribution in [0.3, 0.4) is 0 Å². The number of nitrogens with zero attached hydrogens (tertiary/aromatic N) is 1. The Labute approximate surface area is 105 Å². The van der Waals surface area contributed by atoms with Crippen LogP contribution < -0.4 is 5.32 Å². The molecule has 2 heterocycles. The van der Waals surface area contributed by atoms with Crippen LogP contribution in [0, 0.1) is 12.8 Å². The van der Waals surface area contributed by atoms with E-state index < -0.39 is 0 Å². The molecule has 0 bridgehead atoms. The summed E-state index contributed by atoms with van der Waals surface area (Å²) in [5, 5.41) is 4.72. The largest absolute Gasteiger partial charge is 0.355 e. The molecule has 1 unspecified atom stereocenters. The zero-order valence-corrected chi connectivity index (χ0v) is 10.8. The fourth-order valence-electron chi connectivity index (χ4n) is 1.95. The van der Waals surface area contributed by atoms with Gasteiger partial charge in [0, 0.05) is 24.9 Å². The van der Waals surface area contributed by atoms with Gasteiger partial charge in [-0.1, -0.05) is 0 Å². The Bertz CT molecular complexity index is 441. The van der Waals surface area contributed by atoms with E-state index in [0.717, 1.165) is 0 Å². The molecule has 17 heavy (non-hydrogen) atoms. The first-order valence-electron chi connectivity index (χ1n) is 5.62. The molecule has 1 aromatic heterocycles. The molecule has 0 spiro atoms. The molecule has 1 N–H and O–H groups in total. The third-order valence-electron chi connectivity index (χ3n) is 3.05. The fourth-order valence-corrected chi connectivity index (χ4v) is 2.91. The summed E-state index contributed by atoms with van der Waals surface area (Å²) in [6, 6.07) is 2.05. The number of amides is 2. The first-order valence-corrected chi connectivity index (χ1v) is 6.50. The molecule has 0 saturated carbocycles. The maximum absolute atomic E-state index is 12.1. The lowest BCUT2D eigenvalue weighted by Gasteiger charge is -2.19. The minimum Gasteiger partial charge on any atom is -0.355 e. The molecule has 0 aliphatic carbocycles. The fraction of sp³-hybridized carbons (Fsp3) is 0.500. The van der Waals surface area contributed by atoms with Crippen LogP contribution in [0.25, 0.3) is 0 Å². The summed E-state index contributed by atoms with van der Waals surface area (Å²) < 4.78 is 0. The Balaban J connectivity index is 1.96. The number of carbonyl (C=O) groups is 2. The molecule has 1 aliphatic heterocycles. The molecule has 92 valence electrons. The van der Waals surface area contributed by atoms with Crippen molar-refractivity contribution < 1.29 is 9.59 Å². The van der Waals surface area contributed by atoms with Gasteiger partial charge in [0.15, 0.2) is 0 Å². The van der Waals surface area contributed by atoms with E-state index in [1.54, 1.807) is 23.3 Å². The van der Waals surface area contributed by atoms with E-state index in [1.807, 2.05) is 12.3 Å². The highest BCUT2D eigenvalue weighted by Gasteiger charge is 2.30. The first-order chi connectivity index (χ1) is 8.08. The maximum Gasteiger partial charge on any atom is 0.228 e. The normalized spacial score (nSPS) is 19.2. The average Bonchev–Trinajstić information content (AvgIpc) is 2.88. The summed E-state index contributed by atoms with van der Waals surface area (Å²) in [6.07, 6.45) is 0.326. The number of hydrogen-bond acceptors (Lipinski definition) is 3. The maximum atomic E-state index is 12.1. The van der Waals surface area contributed by atoms with Crippen molar-refractivity contribution in [1.82, 2.24) is 10.2 Å². The molecule has 0 aromatic carbocycles. The lowest BCUT2D eigenvalue weighted by atomic mass is 10.1. The predicted octanol–water partition coefficient (Wildman–Crippen LogP) is 1.15. The molecule has 2 rings (SSSR count). The molecule has 2 amide bonds. The van der Waals surface area contributed by atoms with Gasteiger partial charge >= 0.3 is 0 Å². The lowest BCUT2D eigenvalue weighted by molar-refractivity contribution is -0.135. The number of carbonyl (C=O) groups excluding carboxylic acids is 2. The average molecular weight is 252 g/mol. The van der Waals surface area contributed by atoms with Gasteiger partial charge in [-0.25, -0.2) is 0 Å². The van der Waals surface area contributed by atoms with Crippen LogP contribution in [0.15, 0.2) is 11.4 Å². The zero-order valence-electron chi connectivity index (χ0n) is 10.0. The van der Waals surface area contributed by atoms with E-state index in [4.69, 9.17) is 0 Å². The number of aryl methyl sites for hydroxylation is 1. The van der Waals surface area contributed by atoms with Crippen molar-refractivity contribution in [3.63, 3.8) is 0 Å². The van der Waals surface area contributed by atoms with E-state index in [-0.39, 0.29) is 17.7 Å². The van der Waals surface area contributed by atoms with Crippen molar-refractivity contribution in [1.29, 1.82) is 0 Å². The molecule has 1 saturated heterocycles. The quantitative estimate of drug-likeness (QED) is 0.877. The van der Waals surface area contributed by atoms with Crippen molar-refractivity contribution in [3.8, 4) is 0 Å². The van der Waals surface area contributed by atoms with E-state index in [0.29, 0.717) is 19.5 Å². The van der Waals surface area contributed by atoms with Crippen molar-refractivity contribution in [2.24, 2.45) is 5.92 Å². The molecular weight excluding hydrogens is 236 g/mol. The van der Waals surface area contributed by atoms with Crippen LogP contribution in [0.1, 0.15) is 16.9 Å². The summed E-state index contributed by atoms with van der Waals surface area (Å²) in [4.78, 5) is 26.1. The van der Waals surface area contributed by atoms with Gasteiger partial charge in [0.25, 0.3) is 0 Å². The number of nitrogens with one attached hydrogen (secondary N) is 1. The Morgan fingerprint density at radius 1 is 1.65 bits per heavy atom. The highest BCUT2D eigenvalue weighted by molar-refractivity contribution is 7.10. The lowest BCUT2D eigenvalue weighted by Crippen LogP contribution is -2.33. The van der Waals surface area contributed by atoms with Gasteiger partial charge in [-0.2, -0.15) is 0 Å². The SMILES string of the molecule is Cc1ccsc1CN(C)C(=O)C1CNC(=O)C1. The van der Waals surface area contributed by atoms with Gasteiger partial charge in [0.1, 0.15) is 0 Å². The summed E-state index contributed by atoms with van der Waals surface area (Å²) in [7, 11) is 1.80. The monoisotopic (exact) mass is 252 g/mol. The number of hydrogen-bond donors (Lipinski definition) is 1. The Morgan fingerprint density at radius 2 is 2.41 bits per heavy atom. The smallest absolute Gasteiger partial charge is 0.228 e. The molecule has 5 heteroatoms. The van der Waals surface area contributed by atoms with Crippen molar-refractivity contribution in [3.05, 3.63) is 21.9 Å². The van der Waals surface area contributed by atoms with Crippen molar-refractivity contribution in [2.75, 3.05) is 13.6 Å². The highest BCUT2D eigenvalue weighted by Crippen LogP contribution is 2.19. The topological polar surface area (TPSA) is 49.4 Å². The van der Waals surface area contributed by atoms with Crippen molar-refractivity contribution in [2.45, 2.75) is 19.9 Å². The van der Waals surface area contributed by atoms with Crippen LogP contribution in [0.4, 0.5) is 0 Å². The van der Waals surface area contributed by atoms with E-state index in [2.05, 4.69) is 11.4 Å². The van der Waals surface area contributed by atoms with Gasteiger partial charge in [-0.3, -0.25) is 9.59 Å². The van der Waals surface area contributed by atoms with Crippen LogP contribution in [0.5, 0.6) is 0 Å². The van der Waals surface area contributed by atoms with Gasteiger partial charge in [0.2, 0.25) is 11.8 Å². The van der Waals surface area contributed by atoms with E-state index >= 15 is 0 Å². The summed E-state index contributed by atoms with van der Waals surface area (Å²) in [5.74, 6) is -0.159. The zero-order chi connectivity index (χ0) is 12.4. The third-order valence-corrected chi connectivity index (χ3v) is 4.06. The van der Waals surface area contributed by atoms with Crippen LogP contribution in [-0.4, -0.2) is 30.3 Å². The molecule has 0 radical (unpaired) electrons. The van der Waals surface area contributed by atoms with Gasteiger partial charge in [-0.15, -0.1) is 11.3 Å². The standard InChI is InChI=1S/C12H16N2O2S/c1-8-3-4-17-10(8)7-14(2)12(16)9-5-11(15)13-6-9/h3-4,9H,5-7H2,1-2H3,(H,13,15). The Morgan fingerprint density at radius 3 is 2.94 bits per heavy atom. The molecule has 4 nitrogen and oxygen atoms in total. The van der Waals surface area contributed by atoms with Crippen LogP contribution in [-0.2, 0) is 16.1 Å². The minimum absolute atomic E-state index is 0.0240. The molecule has 1 aliphatic rings. The number of rotatable bonds is 3. The molecule has 1 fully saturated rings. The van der Waals surface area contributed by atoms with Crippen LogP contribution >= 0.6 is 11.3 Å². The third kappa shape index (κ3) is 2.66. The van der Waals surface area contributed by atoms with Crippen LogP contribution in [0.2, 0.25) is 0 Å².